The number of benzene rings is 2. The lowest BCUT2D eigenvalue weighted by molar-refractivity contribution is -0.148. The van der Waals surface area contributed by atoms with Crippen molar-refractivity contribution in [3.63, 3.8) is 0 Å². The first-order valence-corrected chi connectivity index (χ1v) is 11.0. The highest BCUT2D eigenvalue weighted by atomic mass is 32.2. The molecule has 2 aromatic carbocycles. The predicted octanol–water partition coefficient (Wildman–Crippen LogP) is 1.96. The number of nitrogens with zero attached hydrogens (tertiary/aromatic N) is 1. The molecule has 1 aliphatic heterocycles. The number of ether oxygens (including phenoxy) is 3. The number of amides is 1. The normalized spacial score (nSPS) is 15.8. The van der Waals surface area contributed by atoms with Crippen LogP contribution in [0.1, 0.15) is 24.2 Å². The van der Waals surface area contributed by atoms with E-state index in [1.807, 2.05) is 0 Å². The fourth-order valence-electron chi connectivity index (χ4n) is 3.23. The van der Waals surface area contributed by atoms with Crippen LogP contribution in [0.25, 0.3) is 0 Å². The smallest absolute Gasteiger partial charge is 0.348 e. The monoisotopic (exact) mass is 448 g/mol. The SMILES string of the molecule is COC(=O)[C@@H]1CN(C(=O)c2ccc(OC)c(S(=O)(=O)NC(C)C)c2)c2ccccc2O1. The van der Waals surface area contributed by atoms with E-state index in [4.69, 9.17) is 14.2 Å². The molecule has 0 fully saturated rings. The number of nitrogens with one attached hydrogen (secondary N) is 1. The second kappa shape index (κ2) is 8.94. The summed E-state index contributed by atoms with van der Waals surface area (Å²) in [6, 6.07) is 10.6. The quantitative estimate of drug-likeness (QED) is 0.673. The molecule has 0 spiro atoms. The van der Waals surface area contributed by atoms with Crippen LogP contribution in [0, 0.1) is 0 Å². The number of anilines is 1. The molecule has 166 valence electrons. The van der Waals surface area contributed by atoms with Crippen molar-refractivity contribution < 1.29 is 32.2 Å². The van der Waals surface area contributed by atoms with Crippen LogP contribution in [0.15, 0.2) is 47.4 Å². The third-order valence-corrected chi connectivity index (χ3v) is 6.25. The highest BCUT2D eigenvalue weighted by Crippen LogP contribution is 2.35. The summed E-state index contributed by atoms with van der Waals surface area (Å²) in [5.74, 6) is -0.653. The van der Waals surface area contributed by atoms with Gasteiger partial charge < -0.3 is 19.1 Å². The molecule has 0 bridgehead atoms. The summed E-state index contributed by atoms with van der Waals surface area (Å²) in [5, 5.41) is 0. The molecule has 3 rings (SSSR count). The highest BCUT2D eigenvalue weighted by molar-refractivity contribution is 7.89. The van der Waals surface area contributed by atoms with E-state index in [2.05, 4.69) is 4.72 Å². The first-order chi connectivity index (χ1) is 14.7. The number of hydrogen-bond donors (Lipinski definition) is 1. The maximum atomic E-state index is 13.4. The molecule has 1 aliphatic rings. The van der Waals surface area contributed by atoms with E-state index in [1.54, 1.807) is 38.1 Å². The van der Waals surface area contributed by atoms with Gasteiger partial charge in [-0.25, -0.2) is 17.9 Å². The Kier molecular flexibility index (Phi) is 6.51. The van der Waals surface area contributed by atoms with Gasteiger partial charge in [0.05, 0.1) is 26.5 Å². The molecular formula is C21H24N2O7S. The standard InChI is InChI=1S/C21H24N2O7S/c1-13(2)22-31(26,27)19-11-14(9-10-17(19)28-3)20(24)23-12-18(21(25)29-4)30-16-8-6-5-7-15(16)23/h5-11,13,18,22H,12H2,1-4H3/t18-/m0/s1. The molecule has 10 heteroatoms. The molecule has 1 atom stereocenters. The zero-order valence-corrected chi connectivity index (χ0v) is 18.4. The Balaban J connectivity index is 2.04. The summed E-state index contributed by atoms with van der Waals surface area (Å²) in [5.41, 5.74) is 0.582. The summed E-state index contributed by atoms with van der Waals surface area (Å²) >= 11 is 0. The van der Waals surface area contributed by atoms with Crippen LogP contribution in [0.5, 0.6) is 11.5 Å². The van der Waals surface area contributed by atoms with Crippen molar-refractivity contribution >= 4 is 27.6 Å². The highest BCUT2D eigenvalue weighted by Gasteiger charge is 2.35. The molecule has 0 unspecified atom stereocenters. The molecule has 0 aliphatic carbocycles. The number of carbonyl (C=O) groups is 2. The average Bonchev–Trinajstić information content (AvgIpc) is 2.75. The Labute approximate surface area is 181 Å². The van der Waals surface area contributed by atoms with Crippen LogP contribution >= 0.6 is 0 Å². The largest absolute Gasteiger partial charge is 0.495 e. The third kappa shape index (κ3) is 4.64. The molecule has 0 saturated heterocycles. The number of fused-ring (bicyclic) bond motifs is 1. The van der Waals surface area contributed by atoms with Gasteiger partial charge in [0.25, 0.3) is 5.91 Å². The van der Waals surface area contributed by atoms with Crippen molar-refractivity contribution in [2.24, 2.45) is 0 Å². The number of para-hydroxylation sites is 2. The Hall–Kier alpha value is -3.11. The first kappa shape index (κ1) is 22.6. The Bertz CT molecular complexity index is 1100. The van der Waals surface area contributed by atoms with E-state index in [0.29, 0.717) is 11.4 Å². The van der Waals surface area contributed by atoms with Crippen LogP contribution in [-0.2, 0) is 19.6 Å². The van der Waals surface area contributed by atoms with Gasteiger partial charge in [0.2, 0.25) is 16.1 Å². The molecule has 0 radical (unpaired) electrons. The summed E-state index contributed by atoms with van der Waals surface area (Å²) < 4.78 is 43.6. The summed E-state index contributed by atoms with van der Waals surface area (Å²) in [6.45, 7) is 3.30. The molecule has 2 aromatic rings. The molecule has 9 nitrogen and oxygen atoms in total. The number of hydrogen-bond acceptors (Lipinski definition) is 7. The Morgan fingerprint density at radius 2 is 1.87 bits per heavy atom. The van der Waals surface area contributed by atoms with Crippen LogP contribution in [0.4, 0.5) is 5.69 Å². The van der Waals surface area contributed by atoms with E-state index in [0.717, 1.165) is 0 Å². The molecule has 0 saturated carbocycles. The minimum Gasteiger partial charge on any atom is -0.495 e. The predicted molar refractivity (Wildman–Crippen MR) is 113 cm³/mol. The number of methoxy groups -OCH3 is 2. The fraction of sp³-hybridized carbons (Fsp3) is 0.333. The van der Waals surface area contributed by atoms with Gasteiger partial charge in [-0.15, -0.1) is 0 Å². The first-order valence-electron chi connectivity index (χ1n) is 9.53. The van der Waals surface area contributed by atoms with Crippen LogP contribution < -0.4 is 19.1 Å². The minimum atomic E-state index is -3.92. The van der Waals surface area contributed by atoms with Crippen molar-refractivity contribution in [1.82, 2.24) is 4.72 Å². The van der Waals surface area contributed by atoms with Gasteiger partial charge >= 0.3 is 5.97 Å². The van der Waals surface area contributed by atoms with E-state index in [1.165, 1.54) is 37.3 Å². The second-order valence-electron chi connectivity index (χ2n) is 7.15. The van der Waals surface area contributed by atoms with Gasteiger partial charge in [0.1, 0.15) is 16.4 Å². The number of esters is 1. The van der Waals surface area contributed by atoms with Gasteiger partial charge in [0, 0.05) is 11.6 Å². The molecular weight excluding hydrogens is 424 g/mol. The maximum Gasteiger partial charge on any atom is 0.348 e. The van der Waals surface area contributed by atoms with Crippen molar-refractivity contribution in [2.75, 3.05) is 25.7 Å². The topological polar surface area (TPSA) is 111 Å². The lowest BCUT2D eigenvalue weighted by Crippen LogP contribution is -2.47. The lowest BCUT2D eigenvalue weighted by atomic mass is 10.1. The number of rotatable bonds is 6. The van der Waals surface area contributed by atoms with E-state index < -0.39 is 28.0 Å². The maximum absolute atomic E-state index is 13.4. The summed E-state index contributed by atoms with van der Waals surface area (Å²) in [4.78, 5) is 26.7. The average molecular weight is 448 g/mol. The Morgan fingerprint density at radius 3 is 2.52 bits per heavy atom. The number of sulfonamides is 1. The molecule has 1 N–H and O–H groups in total. The Morgan fingerprint density at radius 1 is 1.16 bits per heavy atom. The summed E-state index contributed by atoms with van der Waals surface area (Å²) in [7, 11) is -1.33. The minimum absolute atomic E-state index is 0.0825. The van der Waals surface area contributed by atoms with Crippen molar-refractivity contribution in [3.8, 4) is 11.5 Å². The number of carbonyl (C=O) groups excluding carboxylic acids is 2. The van der Waals surface area contributed by atoms with Crippen LogP contribution in [-0.4, -0.2) is 53.2 Å². The van der Waals surface area contributed by atoms with Gasteiger partial charge in [0.15, 0.2) is 0 Å². The molecule has 31 heavy (non-hydrogen) atoms. The van der Waals surface area contributed by atoms with Crippen molar-refractivity contribution in [2.45, 2.75) is 30.9 Å². The molecule has 0 aromatic heterocycles. The zero-order chi connectivity index (χ0) is 22.8. The second-order valence-corrected chi connectivity index (χ2v) is 8.84. The van der Waals surface area contributed by atoms with Crippen LogP contribution in [0.3, 0.4) is 0 Å². The molecule has 1 amide bonds. The van der Waals surface area contributed by atoms with Crippen molar-refractivity contribution in [3.05, 3.63) is 48.0 Å². The van der Waals surface area contributed by atoms with Gasteiger partial charge in [-0.3, -0.25) is 4.79 Å². The summed E-state index contributed by atoms with van der Waals surface area (Å²) in [6.07, 6.45) is -1.01. The zero-order valence-electron chi connectivity index (χ0n) is 17.6. The molecule has 1 heterocycles. The third-order valence-electron chi connectivity index (χ3n) is 4.57. The van der Waals surface area contributed by atoms with Gasteiger partial charge in [-0.1, -0.05) is 12.1 Å². The van der Waals surface area contributed by atoms with Crippen LogP contribution in [0.2, 0.25) is 0 Å². The van der Waals surface area contributed by atoms with E-state index in [-0.39, 0.29) is 28.8 Å². The van der Waals surface area contributed by atoms with Crippen molar-refractivity contribution in [1.29, 1.82) is 0 Å². The van der Waals surface area contributed by atoms with Gasteiger partial charge in [-0.2, -0.15) is 0 Å². The van der Waals surface area contributed by atoms with E-state index in [9.17, 15) is 18.0 Å². The van der Waals surface area contributed by atoms with Gasteiger partial charge in [-0.05, 0) is 44.2 Å². The van der Waals surface area contributed by atoms with E-state index >= 15 is 0 Å². The lowest BCUT2D eigenvalue weighted by Gasteiger charge is -2.33. The fourth-order valence-corrected chi connectivity index (χ4v) is 4.68.